The quantitative estimate of drug-likeness (QED) is 0.0964. The highest BCUT2D eigenvalue weighted by Gasteiger charge is 2.73. The van der Waals surface area contributed by atoms with E-state index in [4.69, 9.17) is 9.47 Å². The van der Waals surface area contributed by atoms with Crippen LogP contribution in [0, 0.1) is 52.5 Å². The van der Waals surface area contributed by atoms with Crippen molar-refractivity contribution in [3.05, 3.63) is 105 Å². The Morgan fingerprint density at radius 3 is 1.20 bits per heavy atom. The predicted molar refractivity (Wildman–Crippen MR) is 210 cm³/mol. The lowest BCUT2D eigenvalue weighted by Gasteiger charge is -2.39. The van der Waals surface area contributed by atoms with E-state index in [2.05, 4.69) is 20.8 Å². The Morgan fingerprint density at radius 1 is 0.515 bits per heavy atom. The van der Waals surface area contributed by atoms with Gasteiger partial charge in [0.2, 0.25) is 17.0 Å². The smallest absolute Gasteiger partial charge is 0.411 e. The number of benzene rings is 4. The highest BCUT2D eigenvalue weighted by molar-refractivity contribution is 7.86. The largest absolute Gasteiger partial charge is 0.482 e. The van der Waals surface area contributed by atoms with Crippen molar-refractivity contribution in [1.29, 1.82) is 0 Å². The lowest BCUT2D eigenvalue weighted by Crippen LogP contribution is -2.55. The van der Waals surface area contributed by atoms with Crippen LogP contribution in [0.4, 0.5) is 61.5 Å². The van der Waals surface area contributed by atoms with Crippen LogP contribution in [0.15, 0.2) is 46.2 Å². The number of alkyl halides is 6. The summed E-state index contributed by atoms with van der Waals surface area (Å²) < 4.78 is 293. The van der Waals surface area contributed by atoms with Gasteiger partial charge in [-0.3, -0.25) is 9.11 Å². The van der Waals surface area contributed by atoms with Crippen molar-refractivity contribution >= 4 is 20.2 Å². The lowest BCUT2D eigenvalue weighted by molar-refractivity contribution is -0.288. The Hall–Kier alpha value is -4.68. The normalized spacial score (nSPS) is 13.5. The van der Waals surface area contributed by atoms with Crippen molar-refractivity contribution < 1.29 is 96.9 Å². The van der Waals surface area contributed by atoms with Gasteiger partial charge in [0.15, 0.2) is 40.7 Å². The molecule has 0 saturated carbocycles. The van der Waals surface area contributed by atoms with E-state index in [9.17, 15) is 34.7 Å². The molecule has 0 atom stereocenters. The molecule has 0 bridgehead atoms. The van der Waals surface area contributed by atoms with Crippen LogP contribution in [0.1, 0.15) is 98.4 Å². The summed E-state index contributed by atoms with van der Waals surface area (Å²) in [6.45, 7) is 14.8. The summed E-state index contributed by atoms with van der Waals surface area (Å²) >= 11 is 0. The monoisotopic (exact) mass is 1000 g/mol. The van der Waals surface area contributed by atoms with E-state index in [1.165, 1.54) is 41.5 Å². The average Bonchev–Trinajstić information content (AvgIpc) is 3.10. The molecule has 66 heavy (non-hydrogen) atoms. The third-order valence-electron chi connectivity index (χ3n) is 9.12. The summed E-state index contributed by atoms with van der Waals surface area (Å²) in [4.78, 5) is -3.44. The molecule has 0 spiro atoms. The van der Waals surface area contributed by atoms with E-state index in [0.717, 1.165) is 5.92 Å². The zero-order valence-electron chi connectivity index (χ0n) is 36.5. The summed E-state index contributed by atoms with van der Waals surface area (Å²) in [5.41, 5.74) is -22.6. The molecular formula is C42H42F14O8S2. The van der Waals surface area contributed by atoms with Crippen molar-refractivity contribution in [1.82, 2.24) is 0 Å². The standard InChI is InChI=1S/C38H32F14O8S2.C4H10/c1-33(2,3)17-11-9-15(13-19(17)61(53,54)55)36(37(47,48)49,38(50,51)52)16-10-12-18(20(14-16)62(56,57)58)59-35(7,8)23-28(43)24(39)21(25(40)29(23)44)22-26(41)30(45)32(31(46)27(22)42)60-34(4,5)6;1-4(2)3/h9-14H,1-8H3,(H,53,54,55)(H,56,57,58);4H,1-3H3. The molecule has 8 nitrogen and oxygen atoms in total. The Balaban J connectivity index is 0.00000277. The first-order valence-electron chi connectivity index (χ1n) is 18.9. The van der Waals surface area contributed by atoms with Crippen LogP contribution in [-0.2, 0) is 36.7 Å². The number of halogens is 14. The van der Waals surface area contributed by atoms with E-state index >= 15 is 52.7 Å². The second-order valence-electron chi connectivity index (χ2n) is 17.8. The van der Waals surface area contributed by atoms with E-state index in [-0.39, 0.29) is 24.3 Å². The van der Waals surface area contributed by atoms with E-state index in [1.807, 2.05) is 0 Å². The maximum atomic E-state index is 15.8. The molecule has 368 valence electrons. The first-order valence-corrected chi connectivity index (χ1v) is 21.7. The molecule has 0 heterocycles. The molecule has 0 unspecified atom stereocenters. The van der Waals surface area contributed by atoms with Crippen LogP contribution in [-0.4, -0.2) is 43.9 Å². The van der Waals surface area contributed by atoms with E-state index in [0.29, 0.717) is 19.9 Å². The van der Waals surface area contributed by atoms with Gasteiger partial charge < -0.3 is 9.47 Å². The highest BCUT2D eigenvalue weighted by atomic mass is 32.2. The van der Waals surface area contributed by atoms with Gasteiger partial charge >= 0.3 is 12.4 Å². The maximum Gasteiger partial charge on any atom is 0.411 e. The van der Waals surface area contributed by atoms with Crippen LogP contribution in [0.5, 0.6) is 11.5 Å². The van der Waals surface area contributed by atoms with Crippen molar-refractivity contribution in [2.24, 2.45) is 5.92 Å². The maximum absolute atomic E-state index is 15.8. The fraction of sp³-hybridized carbons (Fsp3) is 0.429. The highest BCUT2D eigenvalue weighted by Crippen LogP contribution is 2.57. The van der Waals surface area contributed by atoms with Crippen molar-refractivity contribution in [3.8, 4) is 22.6 Å². The lowest BCUT2D eigenvalue weighted by atomic mass is 9.72. The van der Waals surface area contributed by atoms with E-state index < -0.39 is 162 Å². The van der Waals surface area contributed by atoms with Gasteiger partial charge in [0.1, 0.15) is 21.8 Å². The molecule has 24 heteroatoms. The van der Waals surface area contributed by atoms with Gasteiger partial charge in [-0.2, -0.15) is 52.0 Å². The van der Waals surface area contributed by atoms with Crippen molar-refractivity contribution in [3.63, 3.8) is 0 Å². The molecule has 0 saturated heterocycles. The van der Waals surface area contributed by atoms with Crippen molar-refractivity contribution in [2.45, 2.75) is 120 Å². The molecule has 0 aliphatic carbocycles. The zero-order chi connectivity index (χ0) is 51.6. The molecule has 2 N–H and O–H groups in total. The molecule has 0 aromatic heterocycles. The zero-order valence-corrected chi connectivity index (χ0v) is 38.1. The summed E-state index contributed by atoms with van der Waals surface area (Å²) in [5, 5.41) is 0. The fourth-order valence-electron chi connectivity index (χ4n) is 6.53. The second kappa shape index (κ2) is 18.1. The third-order valence-corrected chi connectivity index (χ3v) is 10.9. The first kappa shape index (κ1) is 55.6. The predicted octanol–water partition coefficient (Wildman–Crippen LogP) is 12.8. The SMILES string of the molecule is CC(C)(C)Oc1c(F)c(F)c(-c2c(F)c(F)c(C(C)(C)Oc3ccc(C(c4ccc(C(C)(C)C)c(S(=O)(=O)O)c4)(C(F)(F)F)C(F)(F)F)cc3S(=O)(=O)O)c(F)c2F)c(F)c1F.CC(C)C. The number of rotatable bonds is 9. The molecule has 0 aliphatic rings. The van der Waals surface area contributed by atoms with Crippen LogP contribution in [0.25, 0.3) is 11.1 Å². The van der Waals surface area contributed by atoms with E-state index in [1.54, 1.807) is 0 Å². The molecule has 4 rings (SSSR count). The molecule has 0 amide bonds. The van der Waals surface area contributed by atoms with Gasteiger partial charge in [-0.15, -0.1) is 0 Å². The summed E-state index contributed by atoms with van der Waals surface area (Å²) in [5.74, 6) is -23.3. The van der Waals surface area contributed by atoms with Gasteiger partial charge in [0.05, 0.1) is 21.6 Å². The summed E-state index contributed by atoms with van der Waals surface area (Å²) in [6.07, 6.45) is -13.2. The Kier molecular flexibility index (Phi) is 15.3. The second-order valence-corrected chi connectivity index (χ2v) is 20.6. The molecule has 0 fully saturated rings. The topological polar surface area (TPSA) is 127 Å². The molecule has 4 aromatic rings. The van der Waals surface area contributed by atoms with Gasteiger partial charge in [0, 0.05) is 0 Å². The number of hydrogen-bond donors (Lipinski definition) is 2. The van der Waals surface area contributed by atoms with Gasteiger partial charge in [-0.1, -0.05) is 59.7 Å². The number of hydrogen-bond acceptors (Lipinski definition) is 6. The Labute approximate surface area is 370 Å². The summed E-state index contributed by atoms with van der Waals surface area (Å²) in [7, 11) is -11.7. The van der Waals surface area contributed by atoms with Gasteiger partial charge in [-0.05, 0) is 80.8 Å². The average molecular weight is 1000 g/mol. The third kappa shape index (κ3) is 10.7. The molecule has 0 aliphatic heterocycles. The Morgan fingerprint density at radius 2 is 0.864 bits per heavy atom. The minimum atomic E-state index is -6.59. The first-order chi connectivity index (χ1) is 29.4. The minimum absolute atomic E-state index is 0.0198. The van der Waals surface area contributed by atoms with Crippen LogP contribution >= 0.6 is 0 Å². The molecular weight excluding hydrogens is 963 g/mol. The van der Waals surface area contributed by atoms with Gasteiger partial charge in [0.25, 0.3) is 20.2 Å². The Bertz CT molecular complexity index is 2680. The molecule has 0 radical (unpaired) electrons. The molecule has 4 aromatic carbocycles. The van der Waals surface area contributed by atoms with Crippen molar-refractivity contribution in [2.75, 3.05) is 0 Å². The fourth-order valence-corrected chi connectivity index (χ4v) is 8.10. The number of ether oxygens (including phenoxy) is 2. The van der Waals surface area contributed by atoms with Crippen LogP contribution in [0.2, 0.25) is 0 Å². The summed E-state index contributed by atoms with van der Waals surface area (Å²) in [6, 6.07) is -0.0643. The van der Waals surface area contributed by atoms with Gasteiger partial charge in [-0.25, -0.2) is 26.3 Å². The van der Waals surface area contributed by atoms with Crippen LogP contribution in [0.3, 0.4) is 0 Å². The minimum Gasteiger partial charge on any atom is -0.482 e. The van der Waals surface area contributed by atoms with Crippen LogP contribution < -0.4 is 9.47 Å².